The number of rotatable bonds is 5. The number of aromatic nitrogens is 2. The van der Waals surface area contributed by atoms with E-state index in [1.165, 1.54) is 5.56 Å². The van der Waals surface area contributed by atoms with Gasteiger partial charge in [0.2, 0.25) is 0 Å². The quantitative estimate of drug-likeness (QED) is 0.857. The van der Waals surface area contributed by atoms with Gasteiger partial charge in [-0.25, -0.2) is 4.79 Å². The number of hydrogen-bond donors (Lipinski definition) is 1. The highest BCUT2D eigenvalue weighted by Gasteiger charge is 2.38. The molecule has 1 aromatic carbocycles. The van der Waals surface area contributed by atoms with Gasteiger partial charge in [0.15, 0.2) is 0 Å². The first-order valence-corrected chi connectivity index (χ1v) is 9.86. The topological polar surface area (TPSA) is 67.3 Å². The highest BCUT2D eigenvalue weighted by Crippen LogP contribution is 2.34. The molecule has 2 aromatic rings. The highest BCUT2D eigenvalue weighted by atomic mass is 16.6. The minimum absolute atomic E-state index is 0.224. The third-order valence-corrected chi connectivity index (χ3v) is 5.14. The number of hydrogen-bond acceptors (Lipinski definition) is 5. The summed E-state index contributed by atoms with van der Waals surface area (Å²) < 4.78 is 5.41. The first-order chi connectivity index (χ1) is 13.4. The van der Waals surface area contributed by atoms with Gasteiger partial charge < -0.3 is 10.1 Å². The van der Waals surface area contributed by atoms with E-state index in [9.17, 15) is 4.79 Å². The smallest absolute Gasteiger partial charge is 0.407 e. The van der Waals surface area contributed by atoms with E-state index >= 15 is 0 Å². The Kier molecular flexibility index (Phi) is 6.29. The van der Waals surface area contributed by atoms with Crippen LogP contribution in [0.2, 0.25) is 0 Å². The molecule has 1 aliphatic rings. The number of likely N-dealkylation sites (tertiary alicyclic amines) is 1. The number of piperidine rings is 1. The maximum absolute atomic E-state index is 12.2. The van der Waals surface area contributed by atoms with Crippen molar-refractivity contribution in [3.05, 3.63) is 60.2 Å². The van der Waals surface area contributed by atoms with Crippen LogP contribution in [0.1, 0.15) is 44.9 Å². The first-order valence-electron chi connectivity index (χ1n) is 9.86. The summed E-state index contributed by atoms with van der Waals surface area (Å²) in [5.74, 6) is 0. The predicted molar refractivity (Wildman–Crippen MR) is 109 cm³/mol. The van der Waals surface area contributed by atoms with E-state index in [-0.39, 0.29) is 11.5 Å². The van der Waals surface area contributed by atoms with E-state index < -0.39 is 5.60 Å². The number of benzene rings is 1. The van der Waals surface area contributed by atoms with Crippen LogP contribution in [0, 0.1) is 0 Å². The Morgan fingerprint density at radius 2 is 1.89 bits per heavy atom. The number of carbonyl (C=O) groups excluding carboxylic acids is 1. The largest absolute Gasteiger partial charge is 0.444 e. The van der Waals surface area contributed by atoms with Crippen LogP contribution in [0.3, 0.4) is 0 Å². The molecule has 0 saturated carbocycles. The third-order valence-electron chi connectivity index (χ3n) is 5.14. The van der Waals surface area contributed by atoms with Gasteiger partial charge in [-0.05, 0) is 52.3 Å². The van der Waals surface area contributed by atoms with Crippen molar-refractivity contribution in [1.82, 2.24) is 20.2 Å². The van der Waals surface area contributed by atoms with Gasteiger partial charge in [0.1, 0.15) is 5.60 Å². The van der Waals surface area contributed by atoms with Crippen LogP contribution in [0.25, 0.3) is 0 Å². The summed E-state index contributed by atoms with van der Waals surface area (Å²) in [6.07, 6.45) is 6.67. The third kappa shape index (κ3) is 5.52. The Labute approximate surface area is 167 Å². The molecule has 1 aromatic heterocycles. The molecule has 1 saturated heterocycles. The second-order valence-electron chi connectivity index (χ2n) is 8.49. The van der Waals surface area contributed by atoms with Crippen LogP contribution in [0.5, 0.6) is 0 Å². The summed E-state index contributed by atoms with van der Waals surface area (Å²) in [6, 6.07) is 10.5. The lowest BCUT2D eigenvalue weighted by atomic mass is 9.75. The summed E-state index contributed by atoms with van der Waals surface area (Å²) in [6.45, 7) is 8.94. The van der Waals surface area contributed by atoms with E-state index in [4.69, 9.17) is 4.74 Å². The van der Waals surface area contributed by atoms with Crippen molar-refractivity contribution < 1.29 is 9.53 Å². The van der Waals surface area contributed by atoms with Crippen LogP contribution < -0.4 is 5.32 Å². The SMILES string of the molecule is CC(C)(C)OC(=O)NCC1(c2cnccn2)CCN(Cc2ccccc2)CC1. The predicted octanol–water partition coefficient (Wildman–Crippen LogP) is 3.54. The molecule has 1 amide bonds. The van der Waals surface area contributed by atoms with Crippen LogP contribution in [-0.2, 0) is 16.7 Å². The van der Waals surface area contributed by atoms with Gasteiger partial charge in [0.25, 0.3) is 0 Å². The van der Waals surface area contributed by atoms with Crippen LogP contribution >= 0.6 is 0 Å². The molecule has 0 spiro atoms. The number of nitrogens with zero attached hydrogens (tertiary/aromatic N) is 3. The Bertz CT molecular complexity index is 751. The van der Waals surface area contributed by atoms with E-state index in [1.54, 1.807) is 12.4 Å². The molecule has 0 atom stereocenters. The fourth-order valence-corrected chi connectivity index (χ4v) is 3.63. The molecular formula is C22H30N4O2. The average Bonchev–Trinajstić information content (AvgIpc) is 2.68. The van der Waals surface area contributed by atoms with Crippen molar-refractivity contribution in [3.63, 3.8) is 0 Å². The van der Waals surface area contributed by atoms with Gasteiger partial charge in [-0.3, -0.25) is 14.9 Å². The number of alkyl carbamates (subject to hydrolysis) is 1. The Balaban J connectivity index is 1.66. The molecule has 6 heteroatoms. The minimum atomic E-state index is -0.511. The van der Waals surface area contributed by atoms with Crippen LogP contribution in [0.4, 0.5) is 4.79 Å². The van der Waals surface area contributed by atoms with Crippen molar-refractivity contribution in [1.29, 1.82) is 0 Å². The number of nitrogens with one attached hydrogen (secondary N) is 1. The summed E-state index contributed by atoms with van der Waals surface area (Å²) in [7, 11) is 0. The monoisotopic (exact) mass is 382 g/mol. The zero-order valence-corrected chi connectivity index (χ0v) is 17.0. The zero-order valence-electron chi connectivity index (χ0n) is 17.0. The maximum Gasteiger partial charge on any atom is 0.407 e. The lowest BCUT2D eigenvalue weighted by Crippen LogP contribution is -2.49. The van der Waals surface area contributed by atoms with Crippen molar-refractivity contribution in [2.75, 3.05) is 19.6 Å². The summed E-state index contributed by atoms with van der Waals surface area (Å²) in [5, 5.41) is 2.97. The molecule has 1 N–H and O–H groups in total. The molecule has 3 rings (SSSR count). The fourth-order valence-electron chi connectivity index (χ4n) is 3.63. The Morgan fingerprint density at radius 1 is 1.18 bits per heavy atom. The standard InChI is InChI=1S/C22H30N4O2/c1-21(2,3)28-20(27)25-17-22(19-15-23-11-12-24-19)9-13-26(14-10-22)16-18-7-5-4-6-8-18/h4-8,11-12,15H,9-10,13-14,16-17H2,1-3H3,(H,25,27). The van der Waals surface area contributed by atoms with Gasteiger partial charge in [-0.15, -0.1) is 0 Å². The molecule has 1 aliphatic heterocycles. The van der Waals surface area contributed by atoms with Crippen molar-refractivity contribution in [2.24, 2.45) is 0 Å². The van der Waals surface area contributed by atoms with Crippen LogP contribution in [-0.4, -0.2) is 46.2 Å². The molecule has 2 heterocycles. The Hall–Kier alpha value is -2.47. The number of amides is 1. The Morgan fingerprint density at radius 3 is 2.50 bits per heavy atom. The van der Waals surface area contributed by atoms with Crippen molar-refractivity contribution >= 4 is 6.09 Å². The van der Waals surface area contributed by atoms with Gasteiger partial charge in [0, 0.05) is 37.1 Å². The fraction of sp³-hybridized carbons (Fsp3) is 0.500. The molecule has 150 valence electrons. The van der Waals surface area contributed by atoms with Crippen molar-refractivity contribution in [3.8, 4) is 0 Å². The minimum Gasteiger partial charge on any atom is -0.444 e. The lowest BCUT2D eigenvalue weighted by Gasteiger charge is -2.41. The van der Waals surface area contributed by atoms with E-state index in [0.29, 0.717) is 6.54 Å². The second-order valence-corrected chi connectivity index (χ2v) is 8.49. The van der Waals surface area contributed by atoms with Crippen molar-refractivity contribution in [2.45, 2.75) is 51.2 Å². The van der Waals surface area contributed by atoms with Gasteiger partial charge in [-0.1, -0.05) is 30.3 Å². The summed E-state index contributed by atoms with van der Waals surface area (Å²) >= 11 is 0. The summed E-state index contributed by atoms with van der Waals surface area (Å²) in [5.41, 5.74) is 1.52. The first kappa shape index (κ1) is 20.3. The summed E-state index contributed by atoms with van der Waals surface area (Å²) in [4.78, 5) is 23.5. The zero-order chi connectivity index (χ0) is 20.0. The average molecular weight is 383 g/mol. The lowest BCUT2D eigenvalue weighted by molar-refractivity contribution is 0.0496. The van der Waals surface area contributed by atoms with E-state index in [0.717, 1.165) is 38.2 Å². The number of carbonyl (C=O) groups is 1. The number of ether oxygens (including phenoxy) is 1. The van der Waals surface area contributed by atoms with E-state index in [1.807, 2.05) is 33.0 Å². The van der Waals surface area contributed by atoms with Crippen LogP contribution in [0.15, 0.2) is 48.9 Å². The molecular weight excluding hydrogens is 352 g/mol. The van der Waals surface area contributed by atoms with Gasteiger partial charge in [-0.2, -0.15) is 0 Å². The molecule has 6 nitrogen and oxygen atoms in total. The second kappa shape index (κ2) is 8.69. The molecule has 28 heavy (non-hydrogen) atoms. The molecule has 1 fully saturated rings. The normalized spacial score (nSPS) is 17.1. The molecule has 0 aliphatic carbocycles. The molecule has 0 unspecified atom stereocenters. The highest BCUT2D eigenvalue weighted by molar-refractivity contribution is 5.67. The molecule has 0 radical (unpaired) electrons. The molecule has 0 bridgehead atoms. The van der Waals surface area contributed by atoms with Gasteiger partial charge >= 0.3 is 6.09 Å². The van der Waals surface area contributed by atoms with E-state index in [2.05, 4.69) is 44.5 Å². The van der Waals surface area contributed by atoms with Gasteiger partial charge in [0.05, 0.1) is 5.69 Å². The maximum atomic E-state index is 12.2.